The van der Waals surface area contributed by atoms with E-state index in [4.69, 9.17) is 14.8 Å². The highest BCUT2D eigenvalue weighted by atomic mass is 32.1. The van der Waals surface area contributed by atoms with Gasteiger partial charge in [-0.2, -0.15) is 5.10 Å². The zero-order valence-corrected chi connectivity index (χ0v) is 17.2. The molecule has 0 unspecified atom stereocenters. The first-order valence-electron chi connectivity index (χ1n) is 8.78. The van der Waals surface area contributed by atoms with Crippen LogP contribution in [0.3, 0.4) is 0 Å². The van der Waals surface area contributed by atoms with Crippen molar-refractivity contribution in [3.63, 3.8) is 0 Å². The summed E-state index contributed by atoms with van der Waals surface area (Å²) >= 11 is 3.29. The topological polar surface area (TPSA) is 38.9 Å². The van der Waals surface area contributed by atoms with Crippen LogP contribution < -0.4 is 9.54 Å². The van der Waals surface area contributed by atoms with Gasteiger partial charge in [-0.05, 0) is 43.3 Å². The molecule has 28 heavy (non-hydrogen) atoms. The lowest BCUT2D eigenvalue weighted by Crippen LogP contribution is -2.11. The van der Waals surface area contributed by atoms with Gasteiger partial charge in [-0.3, -0.25) is 0 Å². The molecule has 0 aliphatic heterocycles. The van der Waals surface area contributed by atoms with E-state index in [-0.39, 0.29) is 0 Å². The molecule has 0 bridgehead atoms. The Balaban J connectivity index is 1.80. The lowest BCUT2D eigenvalue weighted by molar-refractivity contribution is 0.415. The molecule has 0 N–H and O–H groups in total. The smallest absolute Gasteiger partial charge is 0.211 e. The van der Waals surface area contributed by atoms with Crippen LogP contribution in [0.25, 0.3) is 11.3 Å². The quantitative estimate of drug-likeness (QED) is 0.392. The summed E-state index contributed by atoms with van der Waals surface area (Å²) in [4.78, 5) is 7.99. The maximum absolute atomic E-state index is 5.23. The van der Waals surface area contributed by atoms with Crippen molar-refractivity contribution < 1.29 is 4.74 Å². The van der Waals surface area contributed by atoms with Crippen molar-refractivity contribution in [2.75, 3.05) is 7.11 Å². The number of rotatable bonds is 5. The molecule has 0 aliphatic carbocycles. The van der Waals surface area contributed by atoms with Gasteiger partial charge in [0.2, 0.25) is 4.80 Å². The summed E-state index contributed by atoms with van der Waals surface area (Å²) in [6.07, 6.45) is 1.89. The van der Waals surface area contributed by atoms with Crippen LogP contribution in [0.2, 0.25) is 0 Å². The molecule has 4 aromatic rings. The molecule has 0 radical (unpaired) electrons. The van der Waals surface area contributed by atoms with Crippen LogP contribution in [-0.4, -0.2) is 18.0 Å². The lowest BCUT2D eigenvalue weighted by atomic mass is 10.2. The minimum Gasteiger partial charge on any atom is -0.497 e. The van der Waals surface area contributed by atoms with Crippen LogP contribution in [-0.2, 0) is 0 Å². The minimum absolute atomic E-state index is 0.813. The van der Waals surface area contributed by atoms with E-state index in [0.29, 0.717) is 0 Å². The Hall–Kier alpha value is -2.96. The van der Waals surface area contributed by atoms with Gasteiger partial charge in [0.1, 0.15) is 5.75 Å². The molecule has 4 nitrogen and oxygen atoms in total. The molecule has 0 saturated heterocycles. The van der Waals surface area contributed by atoms with Gasteiger partial charge >= 0.3 is 0 Å². The highest BCUT2D eigenvalue weighted by Crippen LogP contribution is 2.22. The molecular formula is C22H19N3OS2. The average molecular weight is 406 g/mol. The average Bonchev–Trinajstić information content (AvgIpc) is 3.33. The molecule has 4 rings (SSSR count). The summed E-state index contributed by atoms with van der Waals surface area (Å²) < 4.78 is 7.13. The normalized spacial score (nSPS) is 12.0. The van der Waals surface area contributed by atoms with Crippen molar-refractivity contribution in [3.8, 4) is 17.0 Å². The van der Waals surface area contributed by atoms with Gasteiger partial charge in [0, 0.05) is 20.7 Å². The molecule has 0 spiro atoms. The fourth-order valence-electron chi connectivity index (χ4n) is 2.70. The van der Waals surface area contributed by atoms with E-state index in [1.807, 2.05) is 53.4 Å². The van der Waals surface area contributed by atoms with Gasteiger partial charge in [0.25, 0.3) is 0 Å². The molecule has 0 amide bonds. The Bertz CT molecular complexity index is 1150. The summed E-state index contributed by atoms with van der Waals surface area (Å²) in [6.45, 7) is 2.10. The summed E-state index contributed by atoms with van der Waals surface area (Å²) in [6, 6.07) is 22.1. The van der Waals surface area contributed by atoms with Crippen molar-refractivity contribution >= 4 is 34.6 Å². The van der Waals surface area contributed by atoms with Gasteiger partial charge in [0.05, 0.1) is 24.7 Å². The number of nitrogens with zero attached hydrogens (tertiary/aromatic N) is 3. The van der Waals surface area contributed by atoms with Crippen LogP contribution in [0.5, 0.6) is 5.75 Å². The van der Waals surface area contributed by atoms with Gasteiger partial charge in [0.15, 0.2) is 0 Å². The predicted octanol–water partition coefficient (Wildman–Crippen LogP) is 5.71. The Morgan fingerprint density at radius 1 is 0.964 bits per heavy atom. The van der Waals surface area contributed by atoms with E-state index in [0.717, 1.165) is 32.4 Å². The number of thiophene rings is 1. The molecule has 6 heteroatoms. The maximum atomic E-state index is 5.23. The molecule has 2 aromatic heterocycles. The number of hydrogen-bond donors (Lipinski definition) is 0. The number of thiazole rings is 1. The zero-order valence-electron chi connectivity index (χ0n) is 15.6. The largest absolute Gasteiger partial charge is 0.497 e. The van der Waals surface area contributed by atoms with E-state index >= 15 is 0 Å². The Morgan fingerprint density at radius 2 is 1.75 bits per heavy atom. The van der Waals surface area contributed by atoms with Crippen LogP contribution in [0.1, 0.15) is 9.75 Å². The molecule has 2 heterocycles. The second-order valence-electron chi connectivity index (χ2n) is 6.08. The van der Waals surface area contributed by atoms with E-state index in [1.54, 1.807) is 29.8 Å². The maximum Gasteiger partial charge on any atom is 0.211 e. The number of ether oxygens (including phenoxy) is 1. The number of hydrogen-bond acceptors (Lipinski definition) is 5. The Labute approximate surface area is 171 Å². The van der Waals surface area contributed by atoms with Gasteiger partial charge < -0.3 is 4.74 Å². The molecule has 0 saturated carbocycles. The predicted molar refractivity (Wildman–Crippen MR) is 118 cm³/mol. The van der Waals surface area contributed by atoms with Gasteiger partial charge in [-0.15, -0.1) is 22.7 Å². The molecule has 0 fully saturated rings. The van der Waals surface area contributed by atoms with Crippen molar-refractivity contribution in [2.24, 2.45) is 10.1 Å². The molecule has 0 atom stereocenters. The second-order valence-corrected chi connectivity index (χ2v) is 8.24. The fourth-order valence-corrected chi connectivity index (χ4v) is 4.30. The summed E-state index contributed by atoms with van der Waals surface area (Å²) in [5.74, 6) is 0.814. The van der Waals surface area contributed by atoms with Gasteiger partial charge in [-0.25, -0.2) is 9.67 Å². The van der Waals surface area contributed by atoms with Crippen molar-refractivity contribution in [3.05, 3.63) is 86.7 Å². The van der Waals surface area contributed by atoms with E-state index in [1.165, 1.54) is 4.88 Å². The molecule has 140 valence electrons. The number of methoxy groups -OCH3 is 1. The highest BCUT2D eigenvalue weighted by Gasteiger charge is 2.07. The third kappa shape index (κ3) is 4.13. The van der Waals surface area contributed by atoms with Crippen LogP contribution in [0.4, 0.5) is 5.69 Å². The standard InChI is InChI=1S/C22H19N3OS2/c1-16-8-13-20(28-16)14-23-25-21(17-6-4-3-5-7-17)15-27-22(25)24-18-9-11-19(26-2)12-10-18/h3-15H,1-2H3/b23-14-,24-22?. The number of aryl methyl sites for hydroxylation is 1. The first-order chi connectivity index (χ1) is 13.7. The van der Waals surface area contributed by atoms with E-state index in [9.17, 15) is 0 Å². The zero-order chi connectivity index (χ0) is 19.3. The van der Waals surface area contributed by atoms with E-state index in [2.05, 4.69) is 36.6 Å². The van der Waals surface area contributed by atoms with Crippen molar-refractivity contribution in [1.82, 2.24) is 4.68 Å². The Kier molecular flexibility index (Phi) is 5.50. The van der Waals surface area contributed by atoms with Crippen LogP contribution in [0.15, 0.2) is 82.2 Å². The molecule has 2 aromatic carbocycles. The van der Waals surface area contributed by atoms with Crippen LogP contribution in [0, 0.1) is 6.92 Å². The molecule has 0 aliphatic rings. The van der Waals surface area contributed by atoms with Crippen LogP contribution >= 0.6 is 22.7 Å². The summed E-state index contributed by atoms with van der Waals surface area (Å²) in [7, 11) is 1.66. The number of aromatic nitrogens is 1. The summed E-state index contributed by atoms with van der Waals surface area (Å²) in [5, 5.41) is 6.84. The third-order valence-corrected chi connectivity index (χ3v) is 5.87. The van der Waals surface area contributed by atoms with Crippen molar-refractivity contribution in [1.29, 1.82) is 0 Å². The van der Waals surface area contributed by atoms with Gasteiger partial charge in [-0.1, -0.05) is 30.3 Å². The van der Waals surface area contributed by atoms with E-state index < -0.39 is 0 Å². The fraction of sp³-hybridized carbons (Fsp3) is 0.0909. The molecular weight excluding hydrogens is 386 g/mol. The highest BCUT2D eigenvalue weighted by molar-refractivity contribution is 7.13. The third-order valence-electron chi connectivity index (χ3n) is 4.11. The number of benzene rings is 2. The lowest BCUT2D eigenvalue weighted by Gasteiger charge is -2.03. The summed E-state index contributed by atoms with van der Waals surface area (Å²) in [5.41, 5.74) is 2.98. The Morgan fingerprint density at radius 3 is 2.43 bits per heavy atom. The first kappa shape index (κ1) is 18.4. The first-order valence-corrected chi connectivity index (χ1v) is 10.5. The SMILES string of the molecule is COc1ccc(N=c2scc(-c3ccccc3)n2/N=C\c2ccc(C)s2)cc1. The second kappa shape index (κ2) is 8.37. The van der Waals surface area contributed by atoms with Crippen molar-refractivity contribution in [2.45, 2.75) is 6.92 Å². The monoisotopic (exact) mass is 405 g/mol. The minimum atomic E-state index is 0.813.